The van der Waals surface area contributed by atoms with Crippen molar-refractivity contribution in [1.82, 2.24) is 10.3 Å². The monoisotopic (exact) mass is 418 g/mol. The Morgan fingerprint density at radius 1 is 1.11 bits per heavy atom. The highest BCUT2D eigenvalue weighted by Crippen LogP contribution is 2.29. The molecule has 0 saturated heterocycles. The molecule has 1 aromatic heterocycles. The maximum absolute atomic E-state index is 12.8. The molecule has 0 aliphatic rings. The SMILES string of the molecule is CC(NC(=O)c1cc(Cl)ccc1Oc1c[nH]c(Cl)c1)c1ccc(C(=O)O)cc1. The van der Waals surface area contributed by atoms with E-state index in [0.717, 1.165) is 5.56 Å². The van der Waals surface area contributed by atoms with E-state index in [-0.39, 0.29) is 23.1 Å². The molecule has 3 rings (SSSR count). The number of carboxylic acids is 1. The molecule has 0 saturated carbocycles. The van der Waals surface area contributed by atoms with Crippen LogP contribution in [0.3, 0.4) is 0 Å². The van der Waals surface area contributed by atoms with Gasteiger partial charge in [0.2, 0.25) is 0 Å². The van der Waals surface area contributed by atoms with Crippen LogP contribution in [0.5, 0.6) is 11.5 Å². The number of hydrogen-bond acceptors (Lipinski definition) is 3. The Bertz CT molecular complexity index is 1020. The zero-order valence-corrected chi connectivity index (χ0v) is 16.2. The van der Waals surface area contributed by atoms with Crippen LogP contribution in [0.15, 0.2) is 54.7 Å². The van der Waals surface area contributed by atoms with Gasteiger partial charge in [-0.25, -0.2) is 4.79 Å². The smallest absolute Gasteiger partial charge is 0.335 e. The Morgan fingerprint density at radius 3 is 2.43 bits per heavy atom. The van der Waals surface area contributed by atoms with Gasteiger partial charge in [-0.1, -0.05) is 35.3 Å². The maximum atomic E-state index is 12.8. The Labute approximate surface area is 171 Å². The molecule has 144 valence electrons. The lowest BCUT2D eigenvalue weighted by molar-refractivity contribution is 0.0696. The largest absolute Gasteiger partial charge is 0.478 e. The Morgan fingerprint density at radius 2 is 1.82 bits per heavy atom. The topological polar surface area (TPSA) is 91.4 Å². The van der Waals surface area contributed by atoms with Gasteiger partial charge >= 0.3 is 5.97 Å². The molecule has 1 unspecified atom stereocenters. The molecule has 3 N–H and O–H groups in total. The highest BCUT2D eigenvalue weighted by Gasteiger charge is 2.18. The summed E-state index contributed by atoms with van der Waals surface area (Å²) in [6.07, 6.45) is 1.57. The number of amides is 1. The van der Waals surface area contributed by atoms with E-state index in [1.807, 2.05) is 0 Å². The molecule has 6 nitrogen and oxygen atoms in total. The van der Waals surface area contributed by atoms with Crippen LogP contribution >= 0.6 is 23.2 Å². The number of ether oxygens (including phenoxy) is 1. The lowest BCUT2D eigenvalue weighted by Crippen LogP contribution is -2.27. The van der Waals surface area contributed by atoms with Crippen molar-refractivity contribution in [1.29, 1.82) is 0 Å². The van der Waals surface area contributed by atoms with Crippen molar-refractivity contribution in [3.05, 3.63) is 81.6 Å². The molecule has 28 heavy (non-hydrogen) atoms. The van der Waals surface area contributed by atoms with E-state index >= 15 is 0 Å². The van der Waals surface area contributed by atoms with Crippen molar-refractivity contribution < 1.29 is 19.4 Å². The van der Waals surface area contributed by atoms with E-state index < -0.39 is 5.97 Å². The Hall–Kier alpha value is -2.96. The molecule has 0 fully saturated rings. The fraction of sp³-hybridized carbons (Fsp3) is 0.100. The van der Waals surface area contributed by atoms with Gasteiger partial charge in [0.1, 0.15) is 16.7 Å². The minimum Gasteiger partial charge on any atom is -0.478 e. The highest BCUT2D eigenvalue weighted by atomic mass is 35.5. The first-order valence-electron chi connectivity index (χ1n) is 8.29. The van der Waals surface area contributed by atoms with Crippen LogP contribution in [0.25, 0.3) is 0 Å². The third-order valence-electron chi connectivity index (χ3n) is 4.04. The number of aromatic carboxylic acids is 1. The third kappa shape index (κ3) is 4.65. The van der Waals surface area contributed by atoms with Gasteiger partial charge in [-0.3, -0.25) is 4.79 Å². The molecule has 0 aliphatic heterocycles. The average Bonchev–Trinajstić information content (AvgIpc) is 3.08. The maximum Gasteiger partial charge on any atom is 0.335 e. The number of carbonyl (C=O) groups is 2. The van der Waals surface area contributed by atoms with Gasteiger partial charge in [0, 0.05) is 17.3 Å². The van der Waals surface area contributed by atoms with Crippen LogP contribution < -0.4 is 10.1 Å². The van der Waals surface area contributed by atoms with Crippen molar-refractivity contribution in [3.63, 3.8) is 0 Å². The second-order valence-corrected chi connectivity index (χ2v) is 6.89. The number of halogens is 2. The van der Waals surface area contributed by atoms with Gasteiger partial charge < -0.3 is 20.1 Å². The molecule has 2 aromatic carbocycles. The fourth-order valence-electron chi connectivity index (χ4n) is 2.57. The number of rotatable bonds is 6. The summed E-state index contributed by atoms with van der Waals surface area (Å²) in [4.78, 5) is 26.5. The Kier molecular flexibility index (Phi) is 5.92. The molecule has 0 bridgehead atoms. The van der Waals surface area contributed by atoms with E-state index in [1.54, 1.807) is 43.5 Å². The normalized spacial score (nSPS) is 11.7. The summed E-state index contributed by atoms with van der Waals surface area (Å²) in [5.41, 5.74) is 1.21. The minimum atomic E-state index is -1.01. The average molecular weight is 419 g/mol. The van der Waals surface area contributed by atoms with Crippen LogP contribution in [0.1, 0.15) is 39.2 Å². The predicted octanol–water partition coefficient (Wildman–Crippen LogP) is 5.30. The summed E-state index contributed by atoms with van der Waals surface area (Å²) < 4.78 is 5.74. The number of hydrogen-bond donors (Lipinski definition) is 3. The Balaban J connectivity index is 1.79. The molecule has 0 radical (unpaired) electrons. The van der Waals surface area contributed by atoms with E-state index in [9.17, 15) is 9.59 Å². The first-order chi connectivity index (χ1) is 13.3. The molecule has 0 aliphatic carbocycles. The molecule has 8 heteroatoms. The van der Waals surface area contributed by atoms with Crippen LogP contribution in [-0.2, 0) is 0 Å². The van der Waals surface area contributed by atoms with Gasteiger partial charge in [0.15, 0.2) is 0 Å². The van der Waals surface area contributed by atoms with E-state index in [4.69, 9.17) is 33.0 Å². The van der Waals surface area contributed by atoms with Gasteiger partial charge in [-0.15, -0.1) is 0 Å². The van der Waals surface area contributed by atoms with E-state index in [2.05, 4.69) is 10.3 Å². The highest BCUT2D eigenvalue weighted by molar-refractivity contribution is 6.31. The number of benzene rings is 2. The number of carbonyl (C=O) groups excluding carboxylic acids is 1. The zero-order valence-electron chi connectivity index (χ0n) is 14.7. The van der Waals surface area contributed by atoms with Gasteiger partial charge in [-0.2, -0.15) is 0 Å². The first kappa shape index (κ1) is 19.8. The molecular formula is C20H16Cl2N2O4. The molecular weight excluding hydrogens is 403 g/mol. The molecule has 1 amide bonds. The number of carboxylic acid groups (broad SMARTS) is 1. The second kappa shape index (κ2) is 8.37. The molecule has 1 atom stereocenters. The summed E-state index contributed by atoms with van der Waals surface area (Å²) in [6, 6.07) is 12.3. The number of H-pyrrole nitrogens is 1. The zero-order chi connectivity index (χ0) is 20.3. The van der Waals surface area contributed by atoms with Gasteiger partial charge in [0.25, 0.3) is 5.91 Å². The second-order valence-electron chi connectivity index (χ2n) is 6.05. The van der Waals surface area contributed by atoms with Crippen LogP contribution in [0.2, 0.25) is 10.2 Å². The van der Waals surface area contributed by atoms with Crippen LogP contribution in [0.4, 0.5) is 0 Å². The van der Waals surface area contributed by atoms with Crippen molar-refractivity contribution in [2.45, 2.75) is 13.0 Å². The fourth-order valence-corrected chi connectivity index (χ4v) is 2.91. The third-order valence-corrected chi connectivity index (χ3v) is 4.49. The number of aromatic nitrogens is 1. The molecule has 0 spiro atoms. The van der Waals surface area contributed by atoms with Crippen LogP contribution in [0, 0.1) is 0 Å². The van der Waals surface area contributed by atoms with Gasteiger partial charge in [0.05, 0.1) is 17.2 Å². The standard InChI is InChI=1S/C20H16Cl2N2O4/c1-11(12-2-4-13(5-3-12)20(26)27)24-19(25)16-8-14(21)6-7-17(16)28-15-9-18(22)23-10-15/h2-11,23H,1H3,(H,24,25)(H,26,27). The summed E-state index contributed by atoms with van der Waals surface area (Å²) in [5.74, 6) is -0.604. The van der Waals surface area contributed by atoms with Crippen molar-refractivity contribution >= 4 is 35.1 Å². The van der Waals surface area contributed by atoms with Crippen molar-refractivity contribution in [2.24, 2.45) is 0 Å². The molecule has 3 aromatic rings. The quantitative estimate of drug-likeness (QED) is 0.506. The predicted molar refractivity (Wildman–Crippen MR) is 107 cm³/mol. The summed E-state index contributed by atoms with van der Waals surface area (Å²) >= 11 is 11.9. The lowest BCUT2D eigenvalue weighted by Gasteiger charge is -2.16. The van der Waals surface area contributed by atoms with Crippen molar-refractivity contribution in [2.75, 3.05) is 0 Å². The molecule has 1 heterocycles. The summed E-state index contributed by atoms with van der Waals surface area (Å²) in [6.45, 7) is 1.80. The minimum absolute atomic E-state index is 0.179. The van der Waals surface area contributed by atoms with Gasteiger partial charge in [-0.05, 0) is 42.8 Å². The van der Waals surface area contributed by atoms with Crippen molar-refractivity contribution in [3.8, 4) is 11.5 Å². The van der Waals surface area contributed by atoms with Crippen LogP contribution in [-0.4, -0.2) is 22.0 Å². The van der Waals surface area contributed by atoms with E-state index in [0.29, 0.717) is 21.7 Å². The van der Waals surface area contributed by atoms with E-state index in [1.165, 1.54) is 18.2 Å². The number of nitrogens with one attached hydrogen (secondary N) is 2. The summed E-state index contributed by atoms with van der Waals surface area (Å²) in [7, 11) is 0. The first-order valence-corrected chi connectivity index (χ1v) is 9.04. The lowest BCUT2D eigenvalue weighted by atomic mass is 10.1. The number of aromatic amines is 1. The summed E-state index contributed by atoms with van der Waals surface area (Å²) in [5, 5.41) is 12.6.